The maximum atomic E-state index is 12.5. The zero-order valence-corrected chi connectivity index (χ0v) is 15.5. The zero-order valence-electron chi connectivity index (χ0n) is 15.5. The number of hydrogen-bond donors (Lipinski definition) is 0. The van der Waals surface area contributed by atoms with Gasteiger partial charge in [0.2, 0.25) is 0 Å². The first-order valence-corrected chi connectivity index (χ1v) is 8.89. The Morgan fingerprint density at radius 2 is 1.56 bits per heavy atom. The van der Waals surface area contributed by atoms with Crippen molar-refractivity contribution in [3.63, 3.8) is 0 Å². The molecular formula is C19H28N2O4. The van der Waals surface area contributed by atoms with Gasteiger partial charge in [-0.05, 0) is 37.5 Å². The monoisotopic (exact) mass is 348 g/mol. The molecule has 2 amide bonds. The van der Waals surface area contributed by atoms with E-state index in [1.807, 2.05) is 24.3 Å². The second kappa shape index (κ2) is 8.74. The van der Waals surface area contributed by atoms with Crippen LogP contribution in [0.3, 0.4) is 0 Å². The minimum Gasteiger partial charge on any atom is -0.481 e. The van der Waals surface area contributed by atoms with Crippen LogP contribution in [0, 0.1) is 0 Å². The van der Waals surface area contributed by atoms with Gasteiger partial charge in [0.05, 0.1) is 6.61 Å². The first-order chi connectivity index (χ1) is 11.9. The Morgan fingerprint density at radius 3 is 2.08 bits per heavy atom. The third-order valence-electron chi connectivity index (χ3n) is 4.32. The molecule has 0 radical (unpaired) electrons. The highest BCUT2D eigenvalue weighted by Gasteiger charge is 2.28. The number of nitrogens with zero attached hydrogens (tertiary/aromatic N) is 2. The van der Waals surface area contributed by atoms with E-state index in [1.165, 1.54) is 5.56 Å². The molecule has 1 aromatic carbocycles. The third-order valence-corrected chi connectivity index (χ3v) is 4.32. The van der Waals surface area contributed by atoms with E-state index in [0.29, 0.717) is 44.5 Å². The molecule has 1 heterocycles. The molecule has 0 aromatic heterocycles. The first kappa shape index (κ1) is 19.1. The number of benzene rings is 1. The molecule has 25 heavy (non-hydrogen) atoms. The topological polar surface area (TPSA) is 59.1 Å². The fraction of sp³-hybridized carbons (Fsp3) is 0.579. The van der Waals surface area contributed by atoms with Gasteiger partial charge in [-0.25, -0.2) is 4.79 Å². The van der Waals surface area contributed by atoms with E-state index in [1.54, 1.807) is 23.6 Å². The van der Waals surface area contributed by atoms with Crippen molar-refractivity contribution < 1.29 is 19.1 Å². The first-order valence-electron chi connectivity index (χ1n) is 8.89. The van der Waals surface area contributed by atoms with Crippen molar-refractivity contribution in [2.75, 3.05) is 32.8 Å². The lowest BCUT2D eigenvalue weighted by molar-refractivity contribution is -0.139. The quantitative estimate of drug-likeness (QED) is 0.821. The summed E-state index contributed by atoms with van der Waals surface area (Å²) in [6, 6.07) is 7.85. The van der Waals surface area contributed by atoms with Crippen LogP contribution >= 0.6 is 0 Å². The van der Waals surface area contributed by atoms with Crippen molar-refractivity contribution in [1.29, 1.82) is 0 Å². The van der Waals surface area contributed by atoms with Crippen LogP contribution in [0.2, 0.25) is 0 Å². The van der Waals surface area contributed by atoms with Crippen LogP contribution in [-0.2, 0) is 9.53 Å². The molecule has 1 saturated heterocycles. The van der Waals surface area contributed by atoms with E-state index in [-0.39, 0.29) is 12.0 Å². The molecule has 0 saturated carbocycles. The Labute approximate surface area is 149 Å². The molecule has 1 aromatic rings. The normalized spacial score (nSPS) is 15.9. The van der Waals surface area contributed by atoms with E-state index in [4.69, 9.17) is 9.47 Å². The molecule has 0 bridgehead atoms. The average molecular weight is 348 g/mol. The van der Waals surface area contributed by atoms with E-state index in [2.05, 4.69) is 13.8 Å². The molecular weight excluding hydrogens is 320 g/mol. The Kier molecular flexibility index (Phi) is 6.67. The van der Waals surface area contributed by atoms with E-state index >= 15 is 0 Å². The number of hydrogen-bond acceptors (Lipinski definition) is 4. The van der Waals surface area contributed by atoms with Crippen LogP contribution in [0.5, 0.6) is 5.75 Å². The summed E-state index contributed by atoms with van der Waals surface area (Å²) in [7, 11) is 0. The number of piperazine rings is 1. The molecule has 6 nitrogen and oxygen atoms in total. The number of amides is 2. The zero-order chi connectivity index (χ0) is 18.4. The van der Waals surface area contributed by atoms with Gasteiger partial charge in [0.15, 0.2) is 6.10 Å². The maximum Gasteiger partial charge on any atom is 0.409 e. The van der Waals surface area contributed by atoms with E-state index in [9.17, 15) is 9.59 Å². The van der Waals surface area contributed by atoms with Crippen molar-refractivity contribution in [3.8, 4) is 5.75 Å². The van der Waals surface area contributed by atoms with Gasteiger partial charge < -0.3 is 19.3 Å². The minimum atomic E-state index is -0.556. The van der Waals surface area contributed by atoms with Gasteiger partial charge in [-0.2, -0.15) is 0 Å². The molecule has 1 aliphatic rings. The standard InChI is InChI=1S/C19H28N2O4/c1-5-24-19(23)21-12-10-20(11-13-21)18(22)15(4)25-17-8-6-16(7-9-17)14(2)3/h6-9,14-15H,5,10-13H2,1-4H3. The van der Waals surface area contributed by atoms with Gasteiger partial charge in [0, 0.05) is 26.2 Å². The largest absolute Gasteiger partial charge is 0.481 e. The van der Waals surface area contributed by atoms with Crippen LogP contribution in [0.25, 0.3) is 0 Å². The van der Waals surface area contributed by atoms with Gasteiger partial charge >= 0.3 is 6.09 Å². The summed E-state index contributed by atoms with van der Waals surface area (Å²) < 4.78 is 10.8. The summed E-state index contributed by atoms with van der Waals surface area (Å²) in [5, 5.41) is 0. The lowest BCUT2D eigenvalue weighted by atomic mass is 10.0. The summed E-state index contributed by atoms with van der Waals surface area (Å²) in [5.41, 5.74) is 1.24. The van der Waals surface area contributed by atoms with Crippen molar-refractivity contribution in [2.45, 2.75) is 39.7 Å². The smallest absolute Gasteiger partial charge is 0.409 e. The van der Waals surface area contributed by atoms with E-state index < -0.39 is 6.10 Å². The molecule has 0 N–H and O–H groups in total. The number of carbonyl (C=O) groups excluding carboxylic acids is 2. The summed E-state index contributed by atoms with van der Waals surface area (Å²) in [6.45, 7) is 10.1. The molecule has 1 atom stereocenters. The second-order valence-corrected chi connectivity index (χ2v) is 6.50. The lowest BCUT2D eigenvalue weighted by Gasteiger charge is -2.35. The molecule has 1 unspecified atom stereocenters. The summed E-state index contributed by atoms with van der Waals surface area (Å²) in [5.74, 6) is 1.09. The fourth-order valence-corrected chi connectivity index (χ4v) is 2.77. The Balaban J connectivity index is 1.85. The van der Waals surface area contributed by atoms with Crippen molar-refractivity contribution in [3.05, 3.63) is 29.8 Å². The van der Waals surface area contributed by atoms with E-state index in [0.717, 1.165) is 0 Å². The average Bonchev–Trinajstić information content (AvgIpc) is 2.61. The van der Waals surface area contributed by atoms with Crippen molar-refractivity contribution in [1.82, 2.24) is 9.80 Å². The molecule has 1 aliphatic heterocycles. The molecule has 1 fully saturated rings. The highest BCUT2D eigenvalue weighted by molar-refractivity contribution is 5.81. The predicted octanol–water partition coefficient (Wildman–Crippen LogP) is 2.88. The summed E-state index contributed by atoms with van der Waals surface area (Å²) >= 11 is 0. The van der Waals surface area contributed by atoms with Crippen molar-refractivity contribution in [2.24, 2.45) is 0 Å². The Hall–Kier alpha value is -2.24. The molecule has 138 valence electrons. The summed E-state index contributed by atoms with van der Waals surface area (Å²) in [4.78, 5) is 27.6. The van der Waals surface area contributed by atoms with Gasteiger partial charge in [-0.15, -0.1) is 0 Å². The lowest BCUT2D eigenvalue weighted by Crippen LogP contribution is -2.53. The molecule has 6 heteroatoms. The fourth-order valence-electron chi connectivity index (χ4n) is 2.77. The van der Waals surface area contributed by atoms with Gasteiger partial charge in [0.1, 0.15) is 5.75 Å². The van der Waals surface area contributed by atoms with Crippen molar-refractivity contribution >= 4 is 12.0 Å². The Morgan fingerprint density at radius 1 is 1.00 bits per heavy atom. The minimum absolute atomic E-state index is 0.0588. The van der Waals surface area contributed by atoms with Gasteiger partial charge in [0.25, 0.3) is 5.91 Å². The molecule has 2 rings (SSSR count). The predicted molar refractivity (Wildman–Crippen MR) is 95.8 cm³/mol. The number of ether oxygens (including phenoxy) is 2. The maximum absolute atomic E-state index is 12.5. The van der Waals surface area contributed by atoms with Crippen LogP contribution in [0.15, 0.2) is 24.3 Å². The van der Waals surface area contributed by atoms with Crippen LogP contribution in [0.1, 0.15) is 39.2 Å². The van der Waals surface area contributed by atoms with Gasteiger partial charge in [-0.3, -0.25) is 4.79 Å². The summed E-state index contributed by atoms with van der Waals surface area (Å²) in [6.07, 6.45) is -0.872. The Bertz CT molecular complexity index is 578. The van der Waals surface area contributed by atoms with Crippen LogP contribution in [-0.4, -0.2) is 60.7 Å². The van der Waals surface area contributed by atoms with Crippen LogP contribution in [0.4, 0.5) is 4.79 Å². The highest BCUT2D eigenvalue weighted by Crippen LogP contribution is 2.20. The number of rotatable bonds is 5. The van der Waals surface area contributed by atoms with Gasteiger partial charge in [-0.1, -0.05) is 26.0 Å². The molecule has 0 spiro atoms. The molecule has 0 aliphatic carbocycles. The highest BCUT2D eigenvalue weighted by atomic mass is 16.6. The number of carbonyl (C=O) groups is 2. The SMILES string of the molecule is CCOC(=O)N1CCN(C(=O)C(C)Oc2ccc(C(C)C)cc2)CC1. The van der Waals surface area contributed by atoms with Crippen LogP contribution < -0.4 is 4.74 Å². The third kappa shape index (κ3) is 5.11. The second-order valence-electron chi connectivity index (χ2n) is 6.50.